The van der Waals surface area contributed by atoms with Gasteiger partial charge < -0.3 is 11.5 Å². The first-order valence-corrected chi connectivity index (χ1v) is 3.22. The summed E-state index contributed by atoms with van der Waals surface area (Å²) in [5.74, 6) is -0.456. The number of primary amides is 1. The molecule has 0 aliphatic carbocycles. The van der Waals surface area contributed by atoms with Crippen molar-refractivity contribution in [3.63, 3.8) is 0 Å². The maximum Gasteiger partial charge on any atom is 0.260 e. The number of carbonyl (C=O) groups is 1. The topological polar surface area (TPSA) is 69.1 Å². The van der Waals surface area contributed by atoms with Gasteiger partial charge in [-0.25, -0.2) is 0 Å². The van der Waals surface area contributed by atoms with E-state index in [-0.39, 0.29) is 0 Å². The third-order valence-electron chi connectivity index (χ3n) is 0.919. The van der Waals surface area contributed by atoms with Crippen molar-refractivity contribution in [2.75, 3.05) is 5.73 Å². The normalized spacial score (nSPS) is 9.33. The molecule has 0 aliphatic rings. The number of hydrogen-bond acceptors (Lipinski definition) is 3. The lowest BCUT2D eigenvalue weighted by Crippen LogP contribution is -2.10. The number of amides is 1. The number of nitrogens with two attached hydrogens (primary N) is 2. The van der Waals surface area contributed by atoms with Crippen LogP contribution in [-0.2, 0) is 0 Å². The minimum absolute atomic E-state index is 0.440. The van der Waals surface area contributed by atoms with Gasteiger partial charge in [-0.15, -0.1) is 11.3 Å². The number of hydrogen-bond donors (Lipinski definition) is 2. The zero-order chi connectivity index (χ0) is 6.85. The van der Waals surface area contributed by atoms with E-state index in [2.05, 4.69) is 0 Å². The summed E-state index contributed by atoms with van der Waals surface area (Å²) in [7, 11) is 0. The number of rotatable bonds is 1. The molecule has 0 saturated carbocycles. The third-order valence-corrected chi connectivity index (χ3v) is 1.86. The van der Waals surface area contributed by atoms with Gasteiger partial charge in [-0.3, -0.25) is 4.79 Å². The number of anilines is 1. The Labute approximate surface area is 56.3 Å². The first kappa shape index (κ1) is 6.10. The van der Waals surface area contributed by atoms with E-state index < -0.39 is 5.91 Å². The fraction of sp³-hybridized carbons (Fsp3) is 0. The lowest BCUT2D eigenvalue weighted by atomic mass is 10.4. The standard InChI is InChI=1S/C5H6N2OS/c6-3-1-2-9-4(3)5(7)8/h1-2H,6H2,(H2,7,8). The van der Waals surface area contributed by atoms with Crippen molar-refractivity contribution in [1.29, 1.82) is 0 Å². The van der Waals surface area contributed by atoms with Crippen LogP contribution in [0.2, 0.25) is 0 Å². The van der Waals surface area contributed by atoms with Crippen molar-refractivity contribution in [3.8, 4) is 0 Å². The van der Waals surface area contributed by atoms with Crippen molar-refractivity contribution < 1.29 is 4.79 Å². The molecule has 48 valence electrons. The van der Waals surface area contributed by atoms with Gasteiger partial charge in [0.05, 0.1) is 5.69 Å². The summed E-state index contributed by atoms with van der Waals surface area (Å²) in [6, 6.07) is 1.66. The second kappa shape index (κ2) is 2.06. The lowest BCUT2D eigenvalue weighted by molar-refractivity contribution is 0.100. The Balaban J connectivity index is 3.08. The summed E-state index contributed by atoms with van der Waals surface area (Å²) in [6.07, 6.45) is 0. The second-order valence-corrected chi connectivity index (χ2v) is 2.49. The summed E-state index contributed by atoms with van der Waals surface area (Å²) in [5.41, 5.74) is 10.8. The average Bonchev–Trinajstić information content (AvgIpc) is 2.13. The second-order valence-electron chi connectivity index (χ2n) is 1.57. The lowest BCUT2D eigenvalue weighted by Gasteiger charge is -1.87. The van der Waals surface area contributed by atoms with Gasteiger partial charge >= 0.3 is 0 Å². The molecule has 0 radical (unpaired) electrons. The first-order chi connectivity index (χ1) is 4.22. The monoisotopic (exact) mass is 142 g/mol. The van der Waals surface area contributed by atoms with Crippen LogP contribution >= 0.6 is 11.3 Å². The molecule has 9 heavy (non-hydrogen) atoms. The van der Waals surface area contributed by atoms with E-state index in [0.717, 1.165) is 0 Å². The maximum absolute atomic E-state index is 10.4. The molecule has 1 heterocycles. The molecule has 1 amide bonds. The molecule has 4 N–H and O–H groups in total. The van der Waals surface area contributed by atoms with Crippen LogP contribution in [0.25, 0.3) is 0 Å². The van der Waals surface area contributed by atoms with E-state index >= 15 is 0 Å². The molecule has 0 aromatic carbocycles. The third kappa shape index (κ3) is 1.02. The van der Waals surface area contributed by atoms with Gasteiger partial charge in [-0.2, -0.15) is 0 Å². The largest absolute Gasteiger partial charge is 0.397 e. The number of nitrogen functional groups attached to an aromatic ring is 1. The molecule has 0 fully saturated rings. The Bertz CT molecular complexity index is 231. The Hall–Kier alpha value is -1.03. The molecule has 0 unspecified atom stereocenters. The quantitative estimate of drug-likeness (QED) is 0.597. The molecular formula is C5H6N2OS. The van der Waals surface area contributed by atoms with Crippen molar-refractivity contribution in [1.82, 2.24) is 0 Å². The van der Waals surface area contributed by atoms with E-state index in [1.807, 2.05) is 0 Å². The Morgan fingerprint density at radius 1 is 1.67 bits per heavy atom. The van der Waals surface area contributed by atoms with Crippen LogP contribution in [0.15, 0.2) is 11.4 Å². The fourth-order valence-electron chi connectivity index (χ4n) is 0.519. The summed E-state index contributed by atoms with van der Waals surface area (Å²) in [5, 5.41) is 1.73. The minimum atomic E-state index is -0.456. The van der Waals surface area contributed by atoms with Crippen LogP contribution < -0.4 is 11.5 Å². The number of thiophene rings is 1. The highest BCUT2D eigenvalue weighted by atomic mass is 32.1. The molecule has 1 aromatic heterocycles. The average molecular weight is 142 g/mol. The number of carbonyl (C=O) groups excluding carboxylic acids is 1. The van der Waals surface area contributed by atoms with Gasteiger partial charge in [0, 0.05) is 0 Å². The molecule has 0 bridgehead atoms. The van der Waals surface area contributed by atoms with Crippen LogP contribution in [0.5, 0.6) is 0 Å². The van der Waals surface area contributed by atoms with E-state index in [9.17, 15) is 4.79 Å². The van der Waals surface area contributed by atoms with Crippen LogP contribution in [-0.4, -0.2) is 5.91 Å². The fourth-order valence-corrected chi connectivity index (χ4v) is 1.19. The van der Waals surface area contributed by atoms with Crippen molar-refractivity contribution in [3.05, 3.63) is 16.3 Å². The summed E-state index contributed by atoms with van der Waals surface area (Å²) in [6.45, 7) is 0. The minimum Gasteiger partial charge on any atom is -0.397 e. The van der Waals surface area contributed by atoms with Crippen LogP contribution in [0, 0.1) is 0 Å². The zero-order valence-electron chi connectivity index (χ0n) is 4.63. The van der Waals surface area contributed by atoms with Gasteiger partial charge in [-0.05, 0) is 11.4 Å². The van der Waals surface area contributed by atoms with E-state index in [0.29, 0.717) is 10.6 Å². The first-order valence-electron chi connectivity index (χ1n) is 2.34. The van der Waals surface area contributed by atoms with E-state index in [4.69, 9.17) is 11.5 Å². The van der Waals surface area contributed by atoms with Gasteiger partial charge in [-0.1, -0.05) is 0 Å². The van der Waals surface area contributed by atoms with Crippen molar-refractivity contribution in [2.24, 2.45) is 5.73 Å². The predicted octanol–water partition coefficient (Wildman–Crippen LogP) is 0.429. The van der Waals surface area contributed by atoms with Gasteiger partial charge in [0.2, 0.25) is 0 Å². The molecule has 1 aromatic rings. The molecule has 0 aliphatic heterocycles. The smallest absolute Gasteiger partial charge is 0.260 e. The highest BCUT2D eigenvalue weighted by Crippen LogP contribution is 2.16. The highest BCUT2D eigenvalue weighted by Gasteiger charge is 2.04. The highest BCUT2D eigenvalue weighted by molar-refractivity contribution is 7.12. The van der Waals surface area contributed by atoms with Gasteiger partial charge in [0.25, 0.3) is 5.91 Å². The Morgan fingerprint density at radius 3 is 2.56 bits per heavy atom. The van der Waals surface area contributed by atoms with Crippen molar-refractivity contribution in [2.45, 2.75) is 0 Å². The van der Waals surface area contributed by atoms with E-state index in [1.165, 1.54) is 11.3 Å². The molecule has 0 atom stereocenters. The summed E-state index contributed by atoms with van der Waals surface area (Å²) in [4.78, 5) is 10.9. The molecular weight excluding hydrogens is 136 g/mol. The molecule has 0 spiro atoms. The zero-order valence-corrected chi connectivity index (χ0v) is 5.44. The van der Waals surface area contributed by atoms with Gasteiger partial charge in [0.15, 0.2) is 0 Å². The summed E-state index contributed by atoms with van der Waals surface area (Å²) >= 11 is 1.26. The molecule has 3 nitrogen and oxygen atoms in total. The van der Waals surface area contributed by atoms with Crippen LogP contribution in [0.1, 0.15) is 9.67 Å². The van der Waals surface area contributed by atoms with Crippen LogP contribution in [0.4, 0.5) is 5.69 Å². The van der Waals surface area contributed by atoms with E-state index in [1.54, 1.807) is 11.4 Å². The van der Waals surface area contributed by atoms with Crippen molar-refractivity contribution >= 4 is 22.9 Å². The predicted molar refractivity (Wildman–Crippen MR) is 37.2 cm³/mol. The van der Waals surface area contributed by atoms with Crippen LogP contribution in [0.3, 0.4) is 0 Å². The maximum atomic E-state index is 10.4. The summed E-state index contributed by atoms with van der Waals surface area (Å²) < 4.78 is 0. The SMILES string of the molecule is NC(=O)c1sccc1N. The molecule has 0 saturated heterocycles. The Kier molecular flexibility index (Phi) is 1.40. The Morgan fingerprint density at radius 2 is 2.33 bits per heavy atom. The molecule has 4 heteroatoms. The van der Waals surface area contributed by atoms with Gasteiger partial charge in [0.1, 0.15) is 4.88 Å². The molecule has 1 rings (SSSR count).